The quantitative estimate of drug-likeness (QED) is 0.792. The summed E-state index contributed by atoms with van der Waals surface area (Å²) in [7, 11) is 4.77. The zero-order valence-corrected chi connectivity index (χ0v) is 16.3. The Bertz CT molecular complexity index is 749. The molecule has 1 atom stereocenters. The molecule has 0 spiro atoms. The summed E-state index contributed by atoms with van der Waals surface area (Å²) in [4.78, 5) is 14.0. The fourth-order valence-electron chi connectivity index (χ4n) is 2.74. The molecule has 8 heteroatoms. The Balaban J connectivity index is 2.74. The predicted octanol–water partition coefficient (Wildman–Crippen LogP) is 3.73. The Kier molecular flexibility index (Phi) is 5.63. The maximum Gasteiger partial charge on any atom is 0.173 e. The van der Waals surface area contributed by atoms with Gasteiger partial charge in [0, 0.05) is 23.9 Å². The number of nitrogens with zero attached hydrogens (tertiary/aromatic N) is 1. The Morgan fingerprint density at radius 3 is 2.38 bits per heavy atom. The van der Waals surface area contributed by atoms with E-state index in [1.165, 1.54) is 21.1 Å². The zero-order valence-electron chi connectivity index (χ0n) is 14.0. The first-order valence-electron chi connectivity index (χ1n) is 7.10. The van der Waals surface area contributed by atoms with Gasteiger partial charge in [0.2, 0.25) is 0 Å². The van der Waals surface area contributed by atoms with Crippen molar-refractivity contribution in [3.05, 3.63) is 32.9 Å². The van der Waals surface area contributed by atoms with Gasteiger partial charge in [-0.3, -0.25) is 4.79 Å². The van der Waals surface area contributed by atoms with Crippen molar-refractivity contribution < 1.29 is 14.3 Å². The molecule has 0 bridgehead atoms. The number of hydrogen-bond donors (Lipinski definition) is 1. The molecule has 0 aliphatic carbocycles. The number of carbonyl (C=O) groups is 1. The molecule has 1 N–H and O–H groups in total. The van der Waals surface area contributed by atoms with Gasteiger partial charge in [-0.25, -0.2) is 0 Å². The standard InChI is InChI=1S/C16H18Cl2N2O3S/c1-7-11(8(2)21)13(19-16(24)20(7)3)9-6-10(17)15(23-5)12(18)14(9)22-4/h6,13H,1-5H3,(H,19,24). The molecule has 0 amide bonds. The molecule has 130 valence electrons. The minimum atomic E-state index is -0.512. The highest BCUT2D eigenvalue weighted by molar-refractivity contribution is 7.80. The Labute approximate surface area is 156 Å². The maximum atomic E-state index is 12.2. The molecule has 0 saturated heterocycles. The van der Waals surface area contributed by atoms with Crippen LogP contribution >= 0.6 is 35.4 Å². The minimum absolute atomic E-state index is 0.0792. The van der Waals surface area contributed by atoms with Gasteiger partial charge in [-0.15, -0.1) is 0 Å². The highest BCUT2D eigenvalue weighted by Gasteiger charge is 2.34. The Hall–Kier alpha value is -1.50. The van der Waals surface area contributed by atoms with Crippen LogP contribution in [0.4, 0.5) is 0 Å². The van der Waals surface area contributed by atoms with Gasteiger partial charge in [0.15, 0.2) is 16.6 Å². The van der Waals surface area contributed by atoms with Crippen molar-refractivity contribution >= 4 is 46.3 Å². The van der Waals surface area contributed by atoms with E-state index in [-0.39, 0.29) is 10.8 Å². The molecule has 24 heavy (non-hydrogen) atoms. The number of carbonyl (C=O) groups excluding carboxylic acids is 1. The molecule has 1 aliphatic heterocycles. The number of allylic oxidation sites excluding steroid dienone is 1. The van der Waals surface area contributed by atoms with E-state index in [1.54, 1.807) is 18.0 Å². The Morgan fingerprint density at radius 1 is 1.29 bits per heavy atom. The van der Waals surface area contributed by atoms with Gasteiger partial charge < -0.3 is 19.7 Å². The zero-order chi connectivity index (χ0) is 18.2. The average molecular weight is 389 g/mol. The van der Waals surface area contributed by atoms with Gasteiger partial charge in [0.25, 0.3) is 0 Å². The summed E-state index contributed by atoms with van der Waals surface area (Å²) >= 11 is 18.0. The second-order valence-corrected chi connectivity index (χ2v) is 6.50. The summed E-state index contributed by atoms with van der Waals surface area (Å²) < 4.78 is 10.7. The van der Waals surface area contributed by atoms with Gasteiger partial charge in [-0.05, 0) is 32.1 Å². The summed E-state index contributed by atoms with van der Waals surface area (Å²) in [5.41, 5.74) is 1.95. The number of ether oxygens (including phenoxy) is 2. The fraction of sp³-hybridized carbons (Fsp3) is 0.375. The second kappa shape index (κ2) is 7.17. The van der Waals surface area contributed by atoms with Crippen LogP contribution in [0.25, 0.3) is 0 Å². The first-order valence-corrected chi connectivity index (χ1v) is 8.26. The van der Waals surface area contributed by atoms with E-state index in [0.29, 0.717) is 32.8 Å². The maximum absolute atomic E-state index is 12.2. The van der Waals surface area contributed by atoms with Crippen LogP contribution in [-0.4, -0.2) is 37.1 Å². The van der Waals surface area contributed by atoms with Crippen LogP contribution in [0.3, 0.4) is 0 Å². The van der Waals surface area contributed by atoms with E-state index in [4.69, 9.17) is 44.9 Å². The molecular weight excluding hydrogens is 371 g/mol. The number of benzene rings is 1. The minimum Gasteiger partial charge on any atom is -0.495 e. The number of rotatable bonds is 4. The van der Waals surface area contributed by atoms with Crippen LogP contribution in [0, 0.1) is 0 Å². The molecule has 0 aromatic heterocycles. The van der Waals surface area contributed by atoms with Gasteiger partial charge in [-0.2, -0.15) is 0 Å². The number of halogens is 2. The van der Waals surface area contributed by atoms with Crippen LogP contribution in [-0.2, 0) is 4.79 Å². The van der Waals surface area contributed by atoms with E-state index >= 15 is 0 Å². The predicted molar refractivity (Wildman–Crippen MR) is 99.2 cm³/mol. The smallest absolute Gasteiger partial charge is 0.173 e. The first kappa shape index (κ1) is 18.8. The molecule has 1 aliphatic rings. The van der Waals surface area contributed by atoms with Crippen molar-refractivity contribution in [3.8, 4) is 11.5 Å². The summed E-state index contributed by atoms with van der Waals surface area (Å²) in [6, 6.07) is 1.16. The molecule has 1 aromatic carbocycles. The van der Waals surface area contributed by atoms with Gasteiger partial charge in [0.1, 0.15) is 10.8 Å². The van der Waals surface area contributed by atoms with Gasteiger partial charge >= 0.3 is 0 Å². The third kappa shape index (κ3) is 3.06. The van der Waals surface area contributed by atoms with E-state index in [2.05, 4.69) is 5.32 Å². The normalized spacial score (nSPS) is 17.7. The summed E-state index contributed by atoms with van der Waals surface area (Å²) in [6.45, 7) is 3.35. The summed E-state index contributed by atoms with van der Waals surface area (Å²) in [5.74, 6) is 0.623. The molecule has 1 heterocycles. The van der Waals surface area contributed by atoms with Crippen molar-refractivity contribution in [2.24, 2.45) is 0 Å². The van der Waals surface area contributed by atoms with Crippen molar-refractivity contribution in [2.75, 3.05) is 21.3 Å². The summed E-state index contributed by atoms with van der Waals surface area (Å²) in [6.07, 6.45) is 0. The van der Waals surface area contributed by atoms with Crippen molar-refractivity contribution in [2.45, 2.75) is 19.9 Å². The van der Waals surface area contributed by atoms with E-state index < -0.39 is 6.04 Å². The van der Waals surface area contributed by atoms with E-state index in [9.17, 15) is 4.79 Å². The molecule has 1 unspecified atom stereocenters. The van der Waals surface area contributed by atoms with Crippen LogP contribution in [0.2, 0.25) is 10.0 Å². The molecule has 2 rings (SSSR count). The number of hydrogen-bond acceptors (Lipinski definition) is 4. The molecule has 1 aromatic rings. The number of ketones is 1. The van der Waals surface area contributed by atoms with Crippen LogP contribution in [0.1, 0.15) is 25.5 Å². The lowest BCUT2D eigenvalue weighted by Crippen LogP contribution is -2.45. The lowest BCUT2D eigenvalue weighted by atomic mass is 9.92. The van der Waals surface area contributed by atoms with E-state index in [0.717, 1.165) is 5.70 Å². The lowest BCUT2D eigenvalue weighted by Gasteiger charge is -2.36. The van der Waals surface area contributed by atoms with Crippen molar-refractivity contribution in [1.29, 1.82) is 0 Å². The SMILES string of the molecule is COc1c(Cl)cc(C2NC(=S)N(C)C(C)=C2C(C)=O)c(OC)c1Cl. The van der Waals surface area contributed by atoms with Crippen molar-refractivity contribution in [1.82, 2.24) is 10.2 Å². The van der Waals surface area contributed by atoms with Crippen LogP contribution < -0.4 is 14.8 Å². The first-order chi connectivity index (χ1) is 11.2. The average Bonchev–Trinajstić information content (AvgIpc) is 2.51. The summed E-state index contributed by atoms with van der Waals surface area (Å²) in [5, 5.41) is 4.21. The number of thiocarbonyl (C=S) groups is 1. The van der Waals surface area contributed by atoms with E-state index in [1.807, 2.05) is 6.92 Å². The van der Waals surface area contributed by atoms with Crippen molar-refractivity contribution in [3.63, 3.8) is 0 Å². The monoisotopic (exact) mass is 388 g/mol. The number of methoxy groups -OCH3 is 2. The molecular formula is C16H18Cl2N2O3S. The largest absolute Gasteiger partial charge is 0.495 e. The topological polar surface area (TPSA) is 50.8 Å². The molecule has 0 fully saturated rings. The highest BCUT2D eigenvalue weighted by Crippen LogP contribution is 2.46. The Morgan fingerprint density at radius 2 is 1.88 bits per heavy atom. The molecule has 5 nitrogen and oxygen atoms in total. The second-order valence-electron chi connectivity index (χ2n) is 5.32. The number of nitrogens with one attached hydrogen (secondary N) is 1. The molecule has 0 radical (unpaired) electrons. The number of Topliss-reactive ketones (excluding diaryl/α,β-unsaturated/α-hetero) is 1. The third-order valence-electron chi connectivity index (χ3n) is 4.01. The highest BCUT2D eigenvalue weighted by atomic mass is 35.5. The van der Waals surface area contributed by atoms with Crippen LogP contribution in [0.15, 0.2) is 17.3 Å². The van der Waals surface area contributed by atoms with Gasteiger partial charge in [0.05, 0.1) is 25.3 Å². The third-order valence-corrected chi connectivity index (χ3v) is 5.03. The fourth-order valence-corrected chi connectivity index (χ4v) is 3.69. The lowest BCUT2D eigenvalue weighted by molar-refractivity contribution is -0.114. The molecule has 0 saturated carbocycles. The van der Waals surface area contributed by atoms with Crippen LogP contribution in [0.5, 0.6) is 11.5 Å². The van der Waals surface area contributed by atoms with Gasteiger partial charge in [-0.1, -0.05) is 23.2 Å².